The Kier molecular flexibility index (Phi) is 3.71. The molecule has 1 atom stereocenters. The molecule has 2 aliphatic rings. The number of aromatic amines is 1. The number of rotatable bonds is 4. The largest absolute Gasteiger partial charge is 0.339 e. The smallest absolute Gasteiger partial charge is 0.330 e. The highest BCUT2D eigenvalue weighted by Crippen LogP contribution is 2.33. The van der Waals surface area contributed by atoms with Gasteiger partial charge in [0.05, 0.1) is 17.3 Å². The van der Waals surface area contributed by atoms with Crippen molar-refractivity contribution >= 4 is 17.5 Å². The highest BCUT2D eigenvalue weighted by atomic mass is 16.2. The first-order valence-corrected chi connectivity index (χ1v) is 8.51. The standard InChI is InChI=1S/C18H20N4O3/c1-11-9-19-18(25)22(11)15-5-3-2-4-14(15)20-17(24)12-8-16(23)21(10-12)13-6-7-13/h2-5,9,12-13H,6-8,10H2,1H3,(H,19,25)(H,20,24). The van der Waals surface area contributed by atoms with E-state index in [2.05, 4.69) is 10.3 Å². The Morgan fingerprint density at radius 3 is 2.68 bits per heavy atom. The van der Waals surface area contributed by atoms with Crippen LogP contribution in [-0.4, -0.2) is 38.9 Å². The quantitative estimate of drug-likeness (QED) is 0.882. The van der Waals surface area contributed by atoms with Crippen molar-refractivity contribution in [3.63, 3.8) is 0 Å². The third-order valence-corrected chi connectivity index (χ3v) is 4.88. The molecule has 2 fully saturated rings. The van der Waals surface area contributed by atoms with Crippen LogP contribution < -0.4 is 11.0 Å². The molecule has 2 aromatic rings. The first-order chi connectivity index (χ1) is 12.0. The zero-order valence-corrected chi connectivity index (χ0v) is 14.0. The first-order valence-electron chi connectivity index (χ1n) is 8.51. The lowest BCUT2D eigenvalue weighted by Gasteiger charge is -2.16. The number of carbonyl (C=O) groups excluding carboxylic acids is 2. The molecule has 1 aromatic heterocycles. The molecular formula is C18H20N4O3. The number of H-pyrrole nitrogens is 1. The third-order valence-electron chi connectivity index (χ3n) is 4.88. The summed E-state index contributed by atoms with van der Waals surface area (Å²) in [7, 11) is 0. The number of aryl methyl sites for hydroxylation is 1. The van der Waals surface area contributed by atoms with E-state index in [1.807, 2.05) is 24.0 Å². The lowest BCUT2D eigenvalue weighted by atomic mass is 10.1. The normalized spacial score (nSPS) is 20.1. The van der Waals surface area contributed by atoms with Gasteiger partial charge in [0.15, 0.2) is 0 Å². The fourth-order valence-corrected chi connectivity index (χ4v) is 3.41. The van der Waals surface area contributed by atoms with Gasteiger partial charge in [0.1, 0.15) is 0 Å². The number of nitrogens with zero attached hydrogens (tertiary/aromatic N) is 2. The molecule has 25 heavy (non-hydrogen) atoms. The Morgan fingerprint density at radius 1 is 1.24 bits per heavy atom. The van der Waals surface area contributed by atoms with Crippen LogP contribution in [0.3, 0.4) is 0 Å². The monoisotopic (exact) mass is 340 g/mol. The molecular weight excluding hydrogens is 320 g/mol. The number of amides is 2. The van der Waals surface area contributed by atoms with E-state index in [0.717, 1.165) is 18.5 Å². The summed E-state index contributed by atoms with van der Waals surface area (Å²) in [6.07, 6.45) is 3.97. The van der Waals surface area contributed by atoms with E-state index in [0.29, 0.717) is 24.0 Å². The van der Waals surface area contributed by atoms with Crippen LogP contribution in [0.1, 0.15) is 25.0 Å². The van der Waals surface area contributed by atoms with Crippen molar-refractivity contribution in [2.45, 2.75) is 32.2 Å². The fourth-order valence-electron chi connectivity index (χ4n) is 3.41. The van der Waals surface area contributed by atoms with E-state index in [-0.39, 0.29) is 29.8 Å². The first kappa shape index (κ1) is 15.7. The maximum absolute atomic E-state index is 12.7. The molecule has 0 spiro atoms. The lowest BCUT2D eigenvalue weighted by Crippen LogP contribution is -2.30. The van der Waals surface area contributed by atoms with E-state index in [1.165, 1.54) is 4.57 Å². The van der Waals surface area contributed by atoms with Gasteiger partial charge < -0.3 is 15.2 Å². The zero-order chi connectivity index (χ0) is 17.6. The number of carbonyl (C=O) groups is 2. The molecule has 7 nitrogen and oxygen atoms in total. The van der Waals surface area contributed by atoms with Crippen molar-refractivity contribution in [2.24, 2.45) is 5.92 Å². The van der Waals surface area contributed by atoms with Crippen molar-refractivity contribution in [1.29, 1.82) is 0 Å². The predicted octanol–water partition coefficient (Wildman–Crippen LogP) is 1.42. The summed E-state index contributed by atoms with van der Waals surface area (Å²) in [5.74, 6) is -0.455. The fraction of sp³-hybridized carbons (Fsp3) is 0.389. The highest BCUT2D eigenvalue weighted by molar-refractivity contribution is 5.98. The Hall–Kier alpha value is -2.83. The summed E-state index contributed by atoms with van der Waals surface area (Å²) in [6, 6.07) is 7.51. The molecule has 1 saturated heterocycles. The number of hydrogen-bond donors (Lipinski definition) is 2. The SMILES string of the molecule is Cc1c[nH]c(=O)n1-c1ccccc1NC(=O)C1CC(=O)N(C2CC2)C1. The Labute approximate surface area is 144 Å². The number of benzene rings is 1. The van der Waals surface area contributed by atoms with Gasteiger partial charge in [-0.15, -0.1) is 0 Å². The van der Waals surface area contributed by atoms with E-state index in [9.17, 15) is 14.4 Å². The number of imidazole rings is 1. The molecule has 130 valence electrons. The van der Waals surface area contributed by atoms with E-state index in [4.69, 9.17) is 0 Å². The van der Waals surface area contributed by atoms with Crippen LogP contribution in [0.25, 0.3) is 5.69 Å². The maximum atomic E-state index is 12.7. The molecule has 1 saturated carbocycles. The second-order valence-corrected chi connectivity index (χ2v) is 6.76. The number of aromatic nitrogens is 2. The highest BCUT2D eigenvalue weighted by Gasteiger charge is 2.41. The van der Waals surface area contributed by atoms with Crippen molar-refractivity contribution in [3.8, 4) is 5.69 Å². The Bertz CT molecular complexity index is 894. The average molecular weight is 340 g/mol. The van der Waals surface area contributed by atoms with Crippen LogP contribution >= 0.6 is 0 Å². The minimum atomic E-state index is -0.342. The Balaban J connectivity index is 1.56. The summed E-state index contributed by atoms with van der Waals surface area (Å²) in [6.45, 7) is 2.31. The van der Waals surface area contributed by atoms with Gasteiger partial charge in [-0.05, 0) is 31.9 Å². The average Bonchev–Trinajstić information content (AvgIpc) is 3.28. The molecule has 1 aliphatic carbocycles. The summed E-state index contributed by atoms with van der Waals surface area (Å²) in [5.41, 5.74) is 1.68. The van der Waals surface area contributed by atoms with Gasteiger partial charge in [0.25, 0.3) is 0 Å². The van der Waals surface area contributed by atoms with Crippen molar-refractivity contribution < 1.29 is 9.59 Å². The maximum Gasteiger partial charge on any atom is 0.330 e. The molecule has 0 bridgehead atoms. The van der Waals surface area contributed by atoms with E-state index >= 15 is 0 Å². The van der Waals surface area contributed by atoms with Crippen LogP contribution in [0, 0.1) is 12.8 Å². The summed E-state index contributed by atoms with van der Waals surface area (Å²) >= 11 is 0. The van der Waals surface area contributed by atoms with E-state index in [1.54, 1.807) is 18.3 Å². The van der Waals surface area contributed by atoms with E-state index < -0.39 is 0 Å². The third kappa shape index (κ3) is 2.86. The van der Waals surface area contributed by atoms with Crippen LogP contribution in [-0.2, 0) is 9.59 Å². The molecule has 1 aliphatic heterocycles. The molecule has 2 amide bonds. The molecule has 0 radical (unpaired) electrons. The molecule has 7 heteroatoms. The van der Waals surface area contributed by atoms with Crippen LogP contribution in [0.15, 0.2) is 35.3 Å². The lowest BCUT2D eigenvalue weighted by molar-refractivity contribution is -0.128. The van der Waals surface area contributed by atoms with Gasteiger partial charge >= 0.3 is 5.69 Å². The number of hydrogen-bond acceptors (Lipinski definition) is 3. The van der Waals surface area contributed by atoms with Crippen LogP contribution in [0.2, 0.25) is 0 Å². The molecule has 4 rings (SSSR count). The number of nitrogens with one attached hydrogen (secondary N) is 2. The number of para-hydroxylation sites is 2. The van der Waals surface area contributed by atoms with Gasteiger partial charge in [0.2, 0.25) is 11.8 Å². The number of anilines is 1. The topological polar surface area (TPSA) is 87.2 Å². The van der Waals surface area contributed by atoms with Gasteiger partial charge in [-0.2, -0.15) is 0 Å². The second kappa shape index (κ2) is 5.91. The van der Waals surface area contributed by atoms with Crippen molar-refractivity contribution in [3.05, 3.63) is 46.6 Å². The van der Waals surface area contributed by atoms with Crippen molar-refractivity contribution in [2.75, 3.05) is 11.9 Å². The van der Waals surface area contributed by atoms with Crippen LogP contribution in [0.5, 0.6) is 0 Å². The summed E-state index contributed by atoms with van der Waals surface area (Å²) in [4.78, 5) is 41.2. The summed E-state index contributed by atoms with van der Waals surface area (Å²) < 4.78 is 1.52. The van der Waals surface area contributed by atoms with Crippen LogP contribution in [0.4, 0.5) is 5.69 Å². The minimum Gasteiger partial charge on any atom is -0.339 e. The molecule has 1 aromatic carbocycles. The van der Waals surface area contributed by atoms with Gasteiger partial charge in [-0.1, -0.05) is 12.1 Å². The second-order valence-electron chi connectivity index (χ2n) is 6.76. The van der Waals surface area contributed by atoms with Gasteiger partial charge in [-0.3, -0.25) is 14.2 Å². The van der Waals surface area contributed by atoms with Gasteiger partial charge in [-0.25, -0.2) is 4.79 Å². The van der Waals surface area contributed by atoms with Gasteiger partial charge in [0, 0.05) is 30.9 Å². The summed E-state index contributed by atoms with van der Waals surface area (Å²) in [5, 5.41) is 2.90. The zero-order valence-electron chi connectivity index (χ0n) is 14.0. The molecule has 2 heterocycles. The predicted molar refractivity (Wildman–Crippen MR) is 92.6 cm³/mol. The van der Waals surface area contributed by atoms with Crippen molar-refractivity contribution in [1.82, 2.24) is 14.5 Å². The minimum absolute atomic E-state index is 0.0635. The Morgan fingerprint density at radius 2 is 2.00 bits per heavy atom. The molecule has 1 unspecified atom stereocenters. The molecule has 2 N–H and O–H groups in total. The number of likely N-dealkylation sites (tertiary alicyclic amines) is 1.